The number of amides is 1. The third-order valence-corrected chi connectivity index (χ3v) is 5.07. The van der Waals surface area contributed by atoms with Gasteiger partial charge in [0.15, 0.2) is 0 Å². The molecule has 2 unspecified atom stereocenters. The minimum Gasteiger partial charge on any atom is -0.480 e. The second kappa shape index (κ2) is 6.47. The van der Waals surface area contributed by atoms with Crippen molar-refractivity contribution in [3.8, 4) is 0 Å². The van der Waals surface area contributed by atoms with Gasteiger partial charge in [0.2, 0.25) is 5.91 Å². The third-order valence-electron chi connectivity index (χ3n) is 3.45. The van der Waals surface area contributed by atoms with Gasteiger partial charge in [-0.25, -0.2) is 9.18 Å². The van der Waals surface area contributed by atoms with Gasteiger partial charge < -0.3 is 10.0 Å². The van der Waals surface area contributed by atoms with Crippen LogP contribution in [0.2, 0.25) is 0 Å². The molecule has 1 N–H and O–H groups in total. The van der Waals surface area contributed by atoms with Gasteiger partial charge in [0.1, 0.15) is 11.9 Å². The van der Waals surface area contributed by atoms with Crippen molar-refractivity contribution >= 4 is 23.6 Å². The van der Waals surface area contributed by atoms with Crippen molar-refractivity contribution in [2.75, 3.05) is 5.75 Å². The van der Waals surface area contributed by atoms with Crippen molar-refractivity contribution in [2.45, 2.75) is 31.7 Å². The summed E-state index contributed by atoms with van der Waals surface area (Å²) in [6, 6.07) is 4.93. The molecule has 6 heteroatoms. The summed E-state index contributed by atoms with van der Waals surface area (Å²) in [7, 11) is 0. The van der Waals surface area contributed by atoms with Crippen molar-refractivity contribution in [3.05, 3.63) is 35.6 Å². The molecule has 1 amide bonds. The van der Waals surface area contributed by atoms with Crippen LogP contribution in [0.25, 0.3) is 0 Å². The maximum atomic E-state index is 12.9. The lowest BCUT2D eigenvalue weighted by atomic mass is 10.1. The minimum absolute atomic E-state index is 0.0911. The fourth-order valence-electron chi connectivity index (χ4n) is 2.42. The van der Waals surface area contributed by atoms with Crippen LogP contribution in [0.5, 0.6) is 0 Å². The highest BCUT2D eigenvalue weighted by Crippen LogP contribution is 2.34. The van der Waals surface area contributed by atoms with Crippen LogP contribution in [0.15, 0.2) is 24.3 Å². The van der Waals surface area contributed by atoms with E-state index in [9.17, 15) is 19.1 Å². The van der Waals surface area contributed by atoms with Gasteiger partial charge in [0, 0.05) is 5.75 Å². The molecule has 2 atom stereocenters. The van der Waals surface area contributed by atoms with Crippen LogP contribution in [-0.4, -0.2) is 39.1 Å². The summed E-state index contributed by atoms with van der Waals surface area (Å²) in [6.45, 7) is 3.94. The number of rotatable bonds is 4. The SMILES string of the molecule is CC(C)C1SCC(C(=O)O)N1C(=O)Cc1ccc(F)cc1. The number of carboxylic acids is 1. The maximum Gasteiger partial charge on any atom is 0.327 e. The van der Waals surface area contributed by atoms with Crippen LogP contribution in [0.4, 0.5) is 4.39 Å². The third kappa shape index (κ3) is 3.56. The molecule has 0 saturated carbocycles. The summed E-state index contributed by atoms with van der Waals surface area (Å²) in [5.74, 6) is -0.966. The number of aliphatic carboxylic acids is 1. The van der Waals surface area contributed by atoms with E-state index in [4.69, 9.17) is 0 Å². The Morgan fingerprint density at radius 1 is 1.38 bits per heavy atom. The van der Waals surface area contributed by atoms with E-state index < -0.39 is 12.0 Å². The quantitative estimate of drug-likeness (QED) is 0.927. The van der Waals surface area contributed by atoms with Crippen LogP contribution < -0.4 is 0 Å². The zero-order valence-corrected chi connectivity index (χ0v) is 12.8. The summed E-state index contributed by atoms with van der Waals surface area (Å²) in [5, 5.41) is 9.15. The zero-order chi connectivity index (χ0) is 15.6. The van der Waals surface area contributed by atoms with Crippen molar-refractivity contribution in [3.63, 3.8) is 0 Å². The molecule has 21 heavy (non-hydrogen) atoms. The molecule has 1 heterocycles. The van der Waals surface area contributed by atoms with Gasteiger partial charge in [-0.2, -0.15) is 0 Å². The number of benzene rings is 1. The first-order valence-electron chi connectivity index (χ1n) is 6.80. The van der Waals surface area contributed by atoms with Gasteiger partial charge in [-0.1, -0.05) is 26.0 Å². The van der Waals surface area contributed by atoms with E-state index in [2.05, 4.69) is 0 Å². The predicted octanol–water partition coefficient (Wildman–Crippen LogP) is 2.38. The molecule has 114 valence electrons. The van der Waals surface area contributed by atoms with Gasteiger partial charge >= 0.3 is 5.97 Å². The highest BCUT2D eigenvalue weighted by molar-refractivity contribution is 8.00. The molecule has 0 aliphatic carbocycles. The maximum absolute atomic E-state index is 12.9. The lowest BCUT2D eigenvalue weighted by Gasteiger charge is -2.29. The highest BCUT2D eigenvalue weighted by Gasteiger charge is 2.42. The van der Waals surface area contributed by atoms with E-state index in [1.54, 1.807) is 12.1 Å². The van der Waals surface area contributed by atoms with Crippen molar-refractivity contribution < 1.29 is 19.1 Å². The number of carbonyl (C=O) groups is 2. The molecule has 0 aromatic heterocycles. The molecule has 1 aromatic carbocycles. The monoisotopic (exact) mass is 311 g/mol. The normalized spacial score (nSPS) is 21.8. The smallest absolute Gasteiger partial charge is 0.327 e. The number of carbonyl (C=O) groups excluding carboxylic acids is 1. The van der Waals surface area contributed by atoms with Crippen LogP contribution in [-0.2, 0) is 16.0 Å². The molecule has 1 fully saturated rings. The van der Waals surface area contributed by atoms with E-state index >= 15 is 0 Å². The Balaban J connectivity index is 2.16. The predicted molar refractivity (Wildman–Crippen MR) is 79.5 cm³/mol. The summed E-state index contributed by atoms with van der Waals surface area (Å²) >= 11 is 1.50. The molecule has 0 spiro atoms. The molecule has 4 nitrogen and oxygen atoms in total. The fraction of sp³-hybridized carbons (Fsp3) is 0.467. The number of thioether (sulfide) groups is 1. The van der Waals surface area contributed by atoms with Gasteiger partial charge in [-0.05, 0) is 23.6 Å². The zero-order valence-electron chi connectivity index (χ0n) is 12.0. The average molecular weight is 311 g/mol. The molecule has 0 bridgehead atoms. The van der Waals surface area contributed by atoms with Crippen LogP contribution >= 0.6 is 11.8 Å². The van der Waals surface area contributed by atoms with E-state index in [1.807, 2.05) is 13.8 Å². The second-order valence-corrected chi connectivity index (χ2v) is 6.58. The topological polar surface area (TPSA) is 57.6 Å². The largest absolute Gasteiger partial charge is 0.480 e. The van der Waals surface area contributed by atoms with Gasteiger partial charge in [-0.15, -0.1) is 11.8 Å². The highest BCUT2D eigenvalue weighted by atomic mass is 32.2. The Hall–Kier alpha value is -1.56. The minimum atomic E-state index is -0.974. The van der Waals surface area contributed by atoms with Crippen LogP contribution in [0.3, 0.4) is 0 Å². The summed E-state index contributed by atoms with van der Waals surface area (Å²) < 4.78 is 12.9. The molecular formula is C15H18FNO3S. The molecule has 1 aliphatic rings. The number of halogens is 1. The van der Waals surface area contributed by atoms with Crippen molar-refractivity contribution in [2.24, 2.45) is 5.92 Å². The molecular weight excluding hydrogens is 293 g/mol. The van der Waals surface area contributed by atoms with Gasteiger partial charge in [-0.3, -0.25) is 4.79 Å². The number of hydrogen-bond acceptors (Lipinski definition) is 3. The summed E-state index contributed by atoms with van der Waals surface area (Å²) in [6.07, 6.45) is 0.0911. The van der Waals surface area contributed by atoms with Crippen molar-refractivity contribution in [1.82, 2.24) is 4.90 Å². The Bertz CT molecular complexity index is 532. The summed E-state index contributed by atoms with van der Waals surface area (Å²) in [5.41, 5.74) is 0.685. The van der Waals surface area contributed by atoms with E-state index in [0.29, 0.717) is 11.3 Å². The molecule has 1 aromatic rings. The average Bonchev–Trinajstić information content (AvgIpc) is 2.86. The summed E-state index contributed by atoms with van der Waals surface area (Å²) in [4.78, 5) is 25.3. The second-order valence-electron chi connectivity index (χ2n) is 5.43. The Labute approximate surface area is 127 Å². The number of nitrogens with zero attached hydrogens (tertiary/aromatic N) is 1. The lowest BCUT2D eigenvalue weighted by molar-refractivity contribution is -0.149. The molecule has 2 rings (SSSR count). The Morgan fingerprint density at radius 3 is 2.52 bits per heavy atom. The first-order chi connectivity index (χ1) is 9.90. The Morgan fingerprint density at radius 2 is 2.00 bits per heavy atom. The van der Waals surface area contributed by atoms with Crippen LogP contribution in [0, 0.1) is 11.7 Å². The van der Waals surface area contributed by atoms with Crippen LogP contribution in [0.1, 0.15) is 19.4 Å². The van der Waals surface area contributed by atoms with Gasteiger partial charge in [0.25, 0.3) is 0 Å². The standard InChI is InChI=1S/C15H18FNO3S/c1-9(2)14-17(12(8-21-14)15(19)20)13(18)7-10-3-5-11(16)6-4-10/h3-6,9,12,14H,7-8H2,1-2H3,(H,19,20). The van der Waals surface area contributed by atoms with E-state index in [1.165, 1.54) is 28.8 Å². The van der Waals surface area contributed by atoms with Crippen molar-refractivity contribution in [1.29, 1.82) is 0 Å². The van der Waals surface area contributed by atoms with Gasteiger partial charge in [0.05, 0.1) is 11.8 Å². The molecule has 0 radical (unpaired) electrons. The first-order valence-corrected chi connectivity index (χ1v) is 7.85. The first kappa shape index (κ1) is 15.8. The lowest BCUT2D eigenvalue weighted by Crippen LogP contribution is -2.47. The molecule has 1 saturated heterocycles. The fourth-order valence-corrected chi connectivity index (χ4v) is 3.91. The molecule has 1 aliphatic heterocycles. The number of hydrogen-bond donors (Lipinski definition) is 1. The van der Waals surface area contributed by atoms with E-state index in [-0.39, 0.29) is 29.4 Å². The number of carboxylic acid groups (broad SMARTS) is 1. The Kier molecular flexibility index (Phi) is 4.88. The van der Waals surface area contributed by atoms with E-state index in [0.717, 1.165) is 0 Å².